The molecular formula is C15H20N4O. The van der Waals surface area contributed by atoms with Crippen LogP contribution in [0, 0.1) is 5.41 Å². The number of rotatable bonds is 5. The van der Waals surface area contributed by atoms with Crippen molar-refractivity contribution in [2.45, 2.75) is 39.0 Å². The Bertz CT molecular complexity index is 584. The van der Waals surface area contributed by atoms with Crippen LogP contribution in [0.15, 0.2) is 23.0 Å². The second-order valence-corrected chi connectivity index (χ2v) is 5.63. The van der Waals surface area contributed by atoms with E-state index < -0.39 is 0 Å². The molecule has 0 radical (unpaired) electrons. The summed E-state index contributed by atoms with van der Waals surface area (Å²) in [5.74, 6) is 1.36. The summed E-state index contributed by atoms with van der Waals surface area (Å²) in [5.41, 5.74) is 8.22. The van der Waals surface area contributed by atoms with E-state index in [9.17, 15) is 0 Å². The largest absolute Gasteiger partial charge is 0.339 e. The van der Waals surface area contributed by atoms with Crippen LogP contribution in [0.1, 0.15) is 37.6 Å². The number of aromatic nitrogens is 3. The van der Waals surface area contributed by atoms with E-state index in [4.69, 9.17) is 10.3 Å². The van der Waals surface area contributed by atoms with E-state index in [0.717, 1.165) is 36.8 Å². The fraction of sp³-hybridized carbons (Fsp3) is 0.533. The molecule has 2 N–H and O–H groups in total. The van der Waals surface area contributed by atoms with Gasteiger partial charge >= 0.3 is 0 Å². The number of nitrogens with zero attached hydrogens (tertiary/aromatic N) is 3. The van der Waals surface area contributed by atoms with Gasteiger partial charge in [-0.05, 0) is 42.9 Å². The standard InChI is InChI=1S/C15H20N4O/c1-2-11-9-17-7-4-12(11)14-18-13(20-19-14)8-15(10-16)5-3-6-15/h4,7,9H,2-3,5-6,8,10,16H2,1H3. The van der Waals surface area contributed by atoms with Gasteiger partial charge in [0.1, 0.15) is 0 Å². The zero-order chi connectivity index (χ0) is 14.0. The predicted molar refractivity (Wildman–Crippen MR) is 75.9 cm³/mol. The molecule has 2 aromatic heterocycles. The number of pyridine rings is 1. The van der Waals surface area contributed by atoms with E-state index in [2.05, 4.69) is 22.0 Å². The Morgan fingerprint density at radius 1 is 1.40 bits per heavy atom. The van der Waals surface area contributed by atoms with Crippen molar-refractivity contribution in [2.24, 2.45) is 11.1 Å². The van der Waals surface area contributed by atoms with Gasteiger partial charge in [0.25, 0.3) is 0 Å². The highest BCUT2D eigenvalue weighted by molar-refractivity contribution is 5.58. The lowest BCUT2D eigenvalue weighted by atomic mass is 9.67. The Morgan fingerprint density at radius 2 is 2.25 bits per heavy atom. The third-order valence-corrected chi connectivity index (χ3v) is 4.37. The van der Waals surface area contributed by atoms with Crippen LogP contribution < -0.4 is 5.73 Å². The third kappa shape index (κ3) is 2.33. The molecule has 0 atom stereocenters. The first-order chi connectivity index (χ1) is 9.76. The minimum Gasteiger partial charge on any atom is -0.339 e. The molecule has 2 aromatic rings. The van der Waals surface area contributed by atoms with Gasteiger partial charge in [-0.1, -0.05) is 18.5 Å². The fourth-order valence-corrected chi connectivity index (χ4v) is 2.81. The molecule has 0 aromatic carbocycles. The van der Waals surface area contributed by atoms with Gasteiger partial charge in [0.05, 0.1) is 0 Å². The van der Waals surface area contributed by atoms with E-state index in [-0.39, 0.29) is 5.41 Å². The molecular weight excluding hydrogens is 252 g/mol. The Hall–Kier alpha value is -1.75. The molecule has 106 valence electrons. The first-order valence-electron chi connectivity index (χ1n) is 7.22. The highest BCUT2D eigenvalue weighted by atomic mass is 16.5. The molecule has 0 bridgehead atoms. The van der Waals surface area contributed by atoms with Crippen LogP contribution in [0.3, 0.4) is 0 Å². The molecule has 0 aliphatic heterocycles. The highest BCUT2D eigenvalue weighted by Crippen LogP contribution is 2.42. The summed E-state index contributed by atoms with van der Waals surface area (Å²) in [6, 6.07) is 1.94. The summed E-state index contributed by atoms with van der Waals surface area (Å²) in [4.78, 5) is 8.68. The molecule has 20 heavy (non-hydrogen) atoms. The van der Waals surface area contributed by atoms with Gasteiger partial charge in [-0.3, -0.25) is 4.98 Å². The fourth-order valence-electron chi connectivity index (χ4n) is 2.81. The zero-order valence-electron chi connectivity index (χ0n) is 11.8. The van der Waals surface area contributed by atoms with Gasteiger partial charge in [-0.25, -0.2) is 0 Å². The molecule has 0 spiro atoms. The van der Waals surface area contributed by atoms with Crippen molar-refractivity contribution in [1.29, 1.82) is 0 Å². The predicted octanol–water partition coefficient (Wildman–Crippen LogP) is 2.37. The van der Waals surface area contributed by atoms with Crippen molar-refractivity contribution in [2.75, 3.05) is 6.54 Å². The third-order valence-electron chi connectivity index (χ3n) is 4.37. The van der Waals surface area contributed by atoms with Crippen LogP contribution in [0.4, 0.5) is 0 Å². The van der Waals surface area contributed by atoms with Crippen molar-refractivity contribution < 1.29 is 4.52 Å². The monoisotopic (exact) mass is 272 g/mol. The Labute approximate surface area is 118 Å². The highest BCUT2D eigenvalue weighted by Gasteiger charge is 2.37. The van der Waals surface area contributed by atoms with Crippen molar-refractivity contribution in [3.8, 4) is 11.4 Å². The van der Waals surface area contributed by atoms with E-state index in [1.165, 1.54) is 6.42 Å². The van der Waals surface area contributed by atoms with Gasteiger partial charge in [0.15, 0.2) is 0 Å². The summed E-state index contributed by atoms with van der Waals surface area (Å²) < 4.78 is 5.41. The van der Waals surface area contributed by atoms with Crippen LogP contribution in [0.25, 0.3) is 11.4 Å². The first-order valence-corrected chi connectivity index (χ1v) is 7.22. The van der Waals surface area contributed by atoms with Crippen molar-refractivity contribution >= 4 is 0 Å². The van der Waals surface area contributed by atoms with Gasteiger partial charge in [0, 0.05) is 24.4 Å². The lowest BCUT2D eigenvalue weighted by Gasteiger charge is -2.39. The summed E-state index contributed by atoms with van der Waals surface area (Å²) >= 11 is 0. The van der Waals surface area contributed by atoms with Gasteiger partial charge in [-0.15, -0.1) is 0 Å². The molecule has 1 aliphatic rings. The molecule has 5 heteroatoms. The smallest absolute Gasteiger partial charge is 0.227 e. The quantitative estimate of drug-likeness (QED) is 0.904. The minimum absolute atomic E-state index is 0.190. The van der Waals surface area contributed by atoms with Gasteiger partial charge in [0.2, 0.25) is 11.7 Å². The molecule has 1 aliphatic carbocycles. The lowest BCUT2D eigenvalue weighted by Crippen LogP contribution is -2.39. The molecule has 3 rings (SSSR count). The summed E-state index contributed by atoms with van der Waals surface area (Å²) in [6.45, 7) is 2.79. The van der Waals surface area contributed by atoms with Gasteiger partial charge < -0.3 is 10.3 Å². The molecule has 0 unspecified atom stereocenters. The first kappa shape index (κ1) is 13.2. The van der Waals surface area contributed by atoms with Gasteiger partial charge in [-0.2, -0.15) is 4.98 Å². The molecule has 0 saturated heterocycles. The molecule has 1 saturated carbocycles. The van der Waals surface area contributed by atoms with Crippen LogP contribution in [0.5, 0.6) is 0 Å². The van der Waals surface area contributed by atoms with Crippen LogP contribution in [-0.2, 0) is 12.8 Å². The number of hydrogen-bond donors (Lipinski definition) is 1. The van der Waals surface area contributed by atoms with Crippen molar-refractivity contribution in [1.82, 2.24) is 15.1 Å². The summed E-state index contributed by atoms with van der Waals surface area (Å²) in [6.07, 6.45) is 8.90. The average Bonchev–Trinajstić information content (AvgIpc) is 2.91. The average molecular weight is 272 g/mol. The summed E-state index contributed by atoms with van der Waals surface area (Å²) in [7, 11) is 0. The maximum atomic E-state index is 5.88. The Balaban J connectivity index is 1.83. The molecule has 1 fully saturated rings. The van der Waals surface area contributed by atoms with Crippen molar-refractivity contribution in [3.63, 3.8) is 0 Å². The molecule has 0 amide bonds. The van der Waals surface area contributed by atoms with Crippen LogP contribution in [-0.4, -0.2) is 21.7 Å². The zero-order valence-corrected chi connectivity index (χ0v) is 11.8. The van der Waals surface area contributed by atoms with Crippen molar-refractivity contribution in [3.05, 3.63) is 29.9 Å². The van der Waals surface area contributed by atoms with Crippen LogP contribution >= 0.6 is 0 Å². The van der Waals surface area contributed by atoms with E-state index in [0.29, 0.717) is 18.3 Å². The number of aryl methyl sites for hydroxylation is 1. The molecule has 2 heterocycles. The molecule has 5 nitrogen and oxygen atoms in total. The maximum Gasteiger partial charge on any atom is 0.227 e. The van der Waals surface area contributed by atoms with Crippen LogP contribution in [0.2, 0.25) is 0 Å². The number of hydrogen-bond acceptors (Lipinski definition) is 5. The van der Waals surface area contributed by atoms with E-state index in [1.807, 2.05) is 12.3 Å². The topological polar surface area (TPSA) is 77.8 Å². The Kier molecular flexibility index (Phi) is 3.53. The van der Waals surface area contributed by atoms with E-state index >= 15 is 0 Å². The maximum absolute atomic E-state index is 5.88. The normalized spacial score (nSPS) is 16.9. The second kappa shape index (κ2) is 5.32. The summed E-state index contributed by atoms with van der Waals surface area (Å²) in [5, 5.41) is 4.12. The SMILES string of the molecule is CCc1cnccc1-c1noc(CC2(CN)CCC2)n1. The Morgan fingerprint density at radius 3 is 2.90 bits per heavy atom. The minimum atomic E-state index is 0.190. The number of nitrogens with two attached hydrogens (primary N) is 1. The second-order valence-electron chi connectivity index (χ2n) is 5.63. The lowest BCUT2D eigenvalue weighted by molar-refractivity contribution is 0.129. The van der Waals surface area contributed by atoms with E-state index in [1.54, 1.807) is 6.20 Å².